The van der Waals surface area contributed by atoms with Crippen LogP contribution < -0.4 is 0 Å². The fraction of sp³-hybridized carbons (Fsp3) is 0.500. The highest BCUT2D eigenvalue weighted by molar-refractivity contribution is 5.69. The zero-order valence-electron chi connectivity index (χ0n) is 9.54. The Morgan fingerprint density at radius 2 is 2.13 bits per heavy atom. The molecule has 0 atom stereocenters. The van der Waals surface area contributed by atoms with Crippen molar-refractivity contribution in [3.63, 3.8) is 0 Å². The molecule has 3 heteroatoms. The van der Waals surface area contributed by atoms with Crippen molar-refractivity contribution in [1.82, 2.24) is 4.98 Å². The summed E-state index contributed by atoms with van der Waals surface area (Å²) in [5.74, 6) is -0.154. The van der Waals surface area contributed by atoms with Crippen LogP contribution in [-0.4, -0.2) is 17.6 Å². The molecular weight excluding hydrogens is 190 g/mol. The molecule has 1 aromatic heterocycles. The van der Waals surface area contributed by atoms with E-state index in [1.165, 1.54) is 5.56 Å². The Morgan fingerprint density at radius 1 is 1.40 bits per heavy atom. The molecule has 15 heavy (non-hydrogen) atoms. The number of hydrogen-bond acceptors (Lipinski definition) is 3. The number of aryl methyl sites for hydroxylation is 3. The summed E-state index contributed by atoms with van der Waals surface area (Å²) in [5.41, 5.74) is 3.13. The first kappa shape index (κ1) is 11.7. The van der Waals surface area contributed by atoms with Gasteiger partial charge in [-0.1, -0.05) is 0 Å². The molecular formula is C12H17NO2. The zero-order valence-corrected chi connectivity index (χ0v) is 9.54. The van der Waals surface area contributed by atoms with E-state index in [2.05, 4.69) is 4.98 Å². The van der Waals surface area contributed by atoms with E-state index in [1.807, 2.05) is 32.9 Å². The predicted octanol–water partition coefficient (Wildman–Crippen LogP) is 2.19. The van der Waals surface area contributed by atoms with Crippen LogP contribution in [0.15, 0.2) is 12.1 Å². The zero-order chi connectivity index (χ0) is 11.3. The highest BCUT2D eigenvalue weighted by Crippen LogP contribution is 2.06. The highest BCUT2D eigenvalue weighted by atomic mass is 16.5. The van der Waals surface area contributed by atoms with Gasteiger partial charge in [0.25, 0.3) is 0 Å². The first-order valence-electron chi connectivity index (χ1n) is 5.21. The van der Waals surface area contributed by atoms with E-state index in [-0.39, 0.29) is 5.97 Å². The Labute approximate surface area is 90.5 Å². The molecule has 1 heterocycles. The van der Waals surface area contributed by atoms with Crippen molar-refractivity contribution in [1.29, 1.82) is 0 Å². The Morgan fingerprint density at radius 3 is 2.73 bits per heavy atom. The van der Waals surface area contributed by atoms with Crippen LogP contribution in [0.1, 0.15) is 30.3 Å². The molecule has 1 aromatic rings. The van der Waals surface area contributed by atoms with Gasteiger partial charge in [-0.3, -0.25) is 9.78 Å². The van der Waals surface area contributed by atoms with E-state index >= 15 is 0 Å². The molecule has 0 aromatic carbocycles. The van der Waals surface area contributed by atoms with Crippen molar-refractivity contribution in [2.24, 2.45) is 0 Å². The van der Waals surface area contributed by atoms with Crippen LogP contribution >= 0.6 is 0 Å². The van der Waals surface area contributed by atoms with E-state index < -0.39 is 0 Å². The number of rotatable bonds is 4. The van der Waals surface area contributed by atoms with Gasteiger partial charge in [-0.15, -0.1) is 0 Å². The number of aromatic nitrogens is 1. The molecule has 0 aliphatic carbocycles. The summed E-state index contributed by atoms with van der Waals surface area (Å²) >= 11 is 0. The van der Waals surface area contributed by atoms with Crippen LogP contribution in [0.4, 0.5) is 0 Å². The summed E-state index contributed by atoms with van der Waals surface area (Å²) in [6.07, 6.45) is 1.06. The summed E-state index contributed by atoms with van der Waals surface area (Å²) in [6, 6.07) is 4.03. The molecule has 0 aliphatic rings. The molecule has 0 amide bonds. The monoisotopic (exact) mass is 207 g/mol. The fourth-order valence-corrected chi connectivity index (χ4v) is 1.52. The summed E-state index contributed by atoms with van der Waals surface area (Å²) in [7, 11) is 0. The lowest BCUT2D eigenvalue weighted by Gasteiger charge is -2.04. The van der Waals surface area contributed by atoms with Crippen molar-refractivity contribution in [2.45, 2.75) is 33.6 Å². The fourth-order valence-electron chi connectivity index (χ4n) is 1.52. The van der Waals surface area contributed by atoms with Crippen molar-refractivity contribution >= 4 is 5.97 Å². The van der Waals surface area contributed by atoms with Gasteiger partial charge in [-0.25, -0.2) is 0 Å². The summed E-state index contributed by atoms with van der Waals surface area (Å²) in [5, 5.41) is 0. The van der Waals surface area contributed by atoms with Crippen LogP contribution in [0.25, 0.3) is 0 Å². The van der Waals surface area contributed by atoms with Gasteiger partial charge in [0, 0.05) is 17.8 Å². The standard InChI is InChI=1S/C12H17NO2/c1-4-15-12(14)6-5-11-8-9(2)7-10(3)13-11/h7-8H,4-6H2,1-3H3. The van der Waals surface area contributed by atoms with Gasteiger partial charge in [-0.2, -0.15) is 0 Å². The van der Waals surface area contributed by atoms with E-state index in [1.54, 1.807) is 0 Å². The highest BCUT2D eigenvalue weighted by Gasteiger charge is 2.04. The third-order valence-electron chi connectivity index (χ3n) is 2.04. The third-order valence-corrected chi connectivity index (χ3v) is 2.04. The Hall–Kier alpha value is -1.38. The molecule has 1 rings (SSSR count). The van der Waals surface area contributed by atoms with Gasteiger partial charge >= 0.3 is 5.97 Å². The maximum Gasteiger partial charge on any atom is 0.306 e. The number of pyridine rings is 1. The second kappa shape index (κ2) is 5.49. The Kier molecular flexibility index (Phi) is 4.28. The van der Waals surface area contributed by atoms with Gasteiger partial charge in [0.15, 0.2) is 0 Å². The number of carbonyl (C=O) groups excluding carboxylic acids is 1. The smallest absolute Gasteiger partial charge is 0.306 e. The second-order valence-electron chi connectivity index (χ2n) is 3.58. The molecule has 0 saturated carbocycles. The van der Waals surface area contributed by atoms with E-state index in [0.29, 0.717) is 19.4 Å². The Bertz CT molecular complexity index is 327. The minimum atomic E-state index is -0.154. The van der Waals surface area contributed by atoms with Gasteiger partial charge in [0.1, 0.15) is 0 Å². The van der Waals surface area contributed by atoms with Crippen LogP contribution in [-0.2, 0) is 16.0 Å². The number of ether oxygens (including phenoxy) is 1. The predicted molar refractivity (Wildman–Crippen MR) is 58.7 cm³/mol. The first-order chi connectivity index (χ1) is 7.11. The van der Waals surface area contributed by atoms with Crippen LogP contribution in [0.3, 0.4) is 0 Å². The third kappa shape index (κ3) is 4.11. The topological polar surface area (TPSA) is 39.2 Å². The Balaban J connectivity index is 2.54. The summed E-state index contributed by atoms with van der Waals surface area (Å²) in [4.78, 5) is 15.5. The van der Waals surface area contributed by atoms with Gasteiger partial charge in [0.2, 0.25) is 0 Å². The largest absolute Gasteiger partial charge is 0.466 e. The summed E-state index contributed by atoms with van der Waals surface area (Å²) in [6.45, 7) is 6.25. The molecule has 3 nitrogen and oxygen atoms in total. The van der Waals surface area contributed by atoms with Gasteiger partial charge in [-0.05, 0) is 38.5 Å². The normalized spacial score (nSPS) is 10.1. The SMILES string of the molecule is CCOC(=O)CCc1cc(C)cc(C)n1. The quantitative estimate of drug-likeness (QED) is 0.710. The molecule has 0 N–H and O–H groups in total. The minimum Gasteiger partial charge on any atom is -0.466 e. The average Bonchev–Trinajstić information content (AvgIpc) is 2.14. The molecule has 0 radical (unpaired) electrons. The van der Waals surface area contributed by atoms with Gasteiger partial charge in [0.05, 0.1) is 13.0 Å². The summed E-state index contributed by atoms with van der Waals surface area (Å²) < 4.78 is 4.86. The van der Waals surface area contributed by atoms with Crippen molar-refractivity contribution in [2.75, 3.05) is 6.61 Å². The lowest BCUT2D eigenvalue weighted by Crippen LogP contribution is -2.06. The molecule has 0 aliphatic heterocycles. The van der Waals surface area contributed by atoms with E-state index in [4.69, 9.17) is 4.74 Å². The maximum absolute atomic E-state index is 11.1. The molecule has 82 valence electrons. The van der Waals surface area contributed by atoms with Crippen molar-refractivity contribution < 1.29 is 9.53 Å². The number of hydrogen-bond donors (Lipinski definition) is 0. The molecule has 0 spiro atoms. The molecule has 0 unspecified atom stereocenters. The lowest BCUT2D eigenvalue weighted by molar-refractivity contribution is -0.143. The molecule has 0 fully saturated rings. The number of nitrogens with zero attached hydrogens (tertiary/aromatic N) is 1. The van der Waals surface area contributed by atoms with Gasteiger partial charge < -0.3 is 4.74 Å². The second-order valence-corrected chi connectivity index (χ2v) is 3.58. The maximum atomic E-state index is 11.1. The van der Waals surface area contributed by atoms with Crippen molar-refractivity contribution in [3.05, 3.63) is 29.1 Å². The average molecular weight is 207 g/mol. The van der Waals surface area contributed by atoms with E-state index in [9.17, 15) is 4.79 Å². The number of carbonyl (C=O) groups is 1. The first-order valence-corrected chi connectivity index (χ1v) is 5.21. The van der Waals surface area contributed by atoms with Crippen LogP contribution in [0, 0.1) is 13.8 Å². The molecule has 0 saturated heterocycles. The van der Waals surface area contributed by atoms with Crippen LogP contribution in [0.5, 0.6) is 0 Å². The van der Waals surface area contributed by atoms with Crippen molar-refractivity contribution in [3.8, 4) is 0 Å². The van der Waals surface area contributed by atoms with Crippen LogP contribution in [0.2, 0.25) is 0 Å². The lowest BCUT2D eigenvalue weighted by atomic mass is 10.1. The van der Waals surface area contributed by atoms with E-state index in [0.717, 1.165) is 11.4 Å². The minimum absolute atomic E-state index is 0.154. The molecule has 0 bridgehead atoms. The number of esters is 1.